The van der Waals surface area contributed by atoms with Crippen LogP contribution in [0.1, 0.15) is 11.1 Å². The number of aliphatic carboxylic acids is 1. The van der Waals surface area contributed by atoms with Crippen LogP contribution in [0.25, 0.3) is 0 Å². The number of hydrogen-bond donors (Lipinski definition) is 1. The fourth-order valence-corrected chi connectivity index (χ4v) is 1.84. The first-order valence-electron chi connectivity index (χ1n) is 3.67. The van der Waals surface area contributed by atoms with Crippen molar-refractivity contribution in [3.63, 3.8) is 0 Å². The van der Waals surface area contributed by atoms with Crippen LogP contribution in [-0.2, 0) is 11.2 Å². The molecule has 0 unspecified atom stereocenters. The summed E-state index contributed by atoms with van der Waals surface area (Å²) in [4.78, 5) is 10.4. The number of carbonyl (C=O) groups is 1. The van der Waals surface area contributed by atoms with E-state index >= 15 is 0 Å². The van der Waals surface area contributed by atoms with Crippen LogP contribution >= 0.6 is 27.5 Å². The number of rotatable bonds is 2. The van der Waals surface area contributed by atoms with Crippen molar-refractivity contribution in [1.29, 1.82) is 0 Å². The van der Waals surface area contributed by atoms with Crippen molar-refractivity contribution in [2.24, 2.45) is 0 Å². The molecule has 13 heavy (non-hydrogen) atoms. The molecule has 0 atom stereocenters. The Morgan fingerprint density at radius 1 is 1.62 bits per heavy atom. The van der Waals surface area contributed by atoms with E-state index in [0.717, 1.165) is 10.0 Å². The van der Waals surface area contributed by atoms with Crippen molar-refractivity contribution < 1.29 is 9.90 Å². The topological polar surface area (TPSA) is 37.3 Å². The second-order valence-electron chi connectivity index (χ2n) is 2.75. The maximum absolute atomic E-state index is 10.4. The van der Waals surface area contributed by atoms with E-state index in [1.165, 1.54) is 0 Å². The van der Waals surface area contributed by atoms with Gasteiger partial charge in [-0.25, -0.2) is 0 Å². The first-order valence-corrected chi connectivity index (χ1v) is 4.84. The highest BCUT2D eigenvalue weighted by atomic mass is 79.9. The van der Waals surface area contributed by atoms with Crippen molar-refractivity contribution in [2.75, 3.05) is 0 Å². The minimum absolute atomic E-state index is 0.00139. The van der Waals surface area contributed by atoms with E-state index in [-0.39, 0.29) is 6.42 Å². The second kappa shape index (κ2) is 4.11. The van der Waals surface area contributed by atoms with Crippen LogP contribution in [0.2, 0.25) is 5.02 Å². The van der Waals surface area contributed by atoms with Gasteiger partial charge in [-0.05, 0) is 30.2 Å². The van der Waals surface area contributed by atoms with Crippen LogP contribution in [-0.4, -0.2) is 11.1 Å². The predicted octanol–water partition coefficient (Wildman–Crippen LogP) is 3.04. The smallest absolute Gasteiger partial charge is 0.307 e. The lowest BCUT2D eigenvalue weighted by Gasteiger charge is -2.04. The molecule has 1 aromatic carbocycles. The summed E-state index contributed by atoms with van der Waals surface area (Å²) >= 11 is 9.19. The van der Waals surface area contributed by atoms with Gasteiger partial charge < -0.3 is 5.11 Å². The molecule has 0 aliphatic carbocycles. The largest absolute Gasteiger partial charge is 0.481 e. The Hall–Kier alpha value is -0.540. The van der Waals surface area contributed by atoms with Crippen LogP contribution in [0.5, 0.6) is 0 Å². The van der Waals surface area contributed by atoms with E-state index in [2.05, 4.69) is 15.9 Å². The summed E-state index contributed by atoms with van der Waals surface area (Å²) in [6.07, 6.45) is -0.00139. The van der Waals surface area contributed by atoms with E-state index < -0.39 is 5.97 Å². The molecule has 0 fully saturated rings. The first kappa shape index (κ1) is 10.5. The zero-order chi connectivity index (χ0) is 10.0. The minimum Gasteiger partial charge on any atom is -0.481 e. The molecule has 2 nitrogen and oxygen atoms in total. The van der Waals surface area contributed by atoms with Gasteiger partial charge in [-0.15, -0.1) is 0 Å². The summed E-state index contributed by atoms with van der Waals surface area (Å²) in [5.74, 6) is -0.855. The third-order valence-corrected chi connectivity index (χ3v) is 2.91. The molecule has 0 spiro atoms. The number of hydrogen-bond acceptors (Lipinski definition) is 1. The third-order valence-electron chi connectivity index (χ3n) is 1.70. The molecule has 0 aliphatic heterocycles. The highest BCUT2D eigenvalue weighted by Crippen LogP contribution is 2.26. The molecule has 1 aromatic rings. The maximum atomic E-state index is 10.4. The van der Waals surface area contributed by atoms with Gasteiger partial charge in [-0.3, -0.25) is 4.79 Å². The zero-order valence-corrected chi connectivity index (χ0v) is 9.32. The quantitative estimate of drug-likeness (QED) is 0.890. The molecular weight excluding hydrogens is 255 g/mol. The van der Waals surface area contributed by atoms with Gasteiger partial charge >= 0.3 is 5.97 Å². The summed E-state index contributed by atoms with van der Waals surface area (Å²) in [6, 6.07) is 3.45. The maximum Gasteiger partial charge on any atom is 0.307 e. The fourth-order valence-electron chi connectivity index (χ4n) is 0.974. The molecule has 4 heteroatoms. The summed E-state index contributed by atoms with van der Waals surface area (Å²) in [7, 11) is 0. The van der Waals surface area contributed by atoms with Crippen molar-refractivity contribution in [3.05, 3.63) is 32.8 Å². The lowest BCUT2D eigenvalue weighted by atomic mass is 10.1. The molecule has 0 saturated carbocycles. The van der Waals surface area contributed by atoms with Crippen LogP contribution in [0, 0.1) is 6.92 Å². The van der Waals surface area contributed by atoms with Crippen molar-refractivity contribution in [3.8, 4) is 0 Å². The second-order valence-corrected chi connectivity index (χ2v) is 4.02. The van der Waals surface area contributed by atoms with E-state index in [0.29, 0.717) is 10.6 Å². The van der Waals surface area contributed by atoms with Crippen LogP contribution in [0.15, 0.2) is 16.6 Å². The number of carboxylic acid groups (broad SMARTS) is 1. The number of halogens is 2. The van der Waals surface area contributed by atoms with Gasteiger partial charge in [0.25, 0.3) is 0 Å². The zero-order valence-electron chi connectivity index (χ0n) is 6.97. The first-order chi connectivity index (χ1) is 6.00. The van der Waals surface area contributed by atoms with Crippen molar-refractivity contribution >= 4 is 33.5 Å². The van der Waals surface area contributed by atoms with Crippen molar-refractivity contribution in [1.82, 2.24) is 0 Å². The van der Waals surface area contributed by atoms with Crippen molar-refractivity contribution in [2.45, 2.75) is 13.3 Å². The highest BCUT2D eigenvalue weighted by Gasteiger charge is 2.06. The Kier molecular flexibility index (Phi) is 3.33. The lowest BCUT2D eigenvalue weighted by Crippen LogP contribution is -2.00. The molecule has 0 amide bonds. The Balaban J connectivity index is 3.06. The van der Waals surface area contributed by atoms with E-state index in [9.17, 15) is 4.79 Å². The van der Waals surface area contributed by atoms with E-state index in [1.54, 1.807) is 12.1 Å². The highest BCUT2D eigenvalue weighted by molar-refractivity contribution is 9.10. The third kappa shape index (κ3) is 2.71. The van der Waals surface area contributed by atoms with E-state index in [1.807, 2.05) is 6.92 Å². The molecule has 0 saturated heterocycles. The van der Waals surface area contributed by atoms with Gasteiger partial charge in [0, 0.05) is 9.50 Å². The molecular formula is C9H8BrClO2. The molecule has 0 aromatic heterocycles. The van der Waals surface area contributed by atoms with Gasteiger partial charge in [0.15, 0.2) is 0 Å². The van der Waals surface area contributed by atoms with Gasteiger partial charge in [-0.1, -0.05) is 27.5 Å². The molecule has 0 bridgehead atoms. The monoisotopic (exact) mass is 262 g/mol. The molecule has 1 N–H and O–H groups in total. The van der Waals surface area contributed by atoms with Gasteiger partial charge in [0.1, 0.15) is 0 Å². The lowest BCUT2D eigenvalue weighted by molar-refractivity contribution is -0.136. The molecule has 70 valence electrons. The summed E-state index contributed by atoms with van der Waals surface area (Å²) in [5, 5.41) is 9.15. The molecule has 0 aliphatic rings. The normalized spacial score (nSPS) is 10.1. The number of benzene rings is 1. The summed E-state index contributed by atoms with van der Waals surface area (Å²) < 4.78 is 0.844. The average molecular weight is 264 g/mol. The summed E-state index contributed by atoms with van der Waals surface area (Å²) in [6.45, 7) is 1.87. The Morgan fingerprint density at radius 2 is 2.23 bits per heavy atom. The Morgan fingerprint density at radius 3 is 2.69 bits per heavy atom. The van der Waals surface area contributed by atoms with Crippen LogP contribution < -0.4 is 0 Å². The van der Waals surface area contributed by atoms with E-state index in [4.69, 9.17) is 16.7 Å². The Bertz CT molecular complexity index is 326. The SMILES string of the molecule is Cc1c(Cl)cc(CC(=O)O)cc1Br. The molecule has 0 radical (unpaired) electrons. The standard InChI is InChI=1S/C9H8BrClO2/c1-5-7(10)2-6(3-8(5)11)4-9(12)13/h2-3H,4H2,1H3,(H,12,13). The minimum atomic E-state index is -0.855. The van der Waals surface area contributed by atoms with Gasteiger partial charge in [-0.2, -0.15) is 0 Å². The molecule has 1 rings (SSSR count). The fraction of sp³-hybridized carbons (Fsp3) is 0.222. The number of carboxylic acids is 1. The average Bonchev–Trinajstić information content (AvgIpc) is 1.98. The molecule has 0 heterocycles. The summed E-state index contributed by atoms with van der Waals surface area (Å²) in [5.41, 5.74) is 1.63. The van der Waals surface area contributed by atoms with Crippen LogP contribution in [0.3, 0.4) is 0 Å². The predicted molar refractivity (Wildman–Crippen MR) is 55.2 cm³/mol. The Labute approximate surface area is 89.7 Å². The van der Waals surface area contributed by atoms with Crippen LogP contribution in [0.4, 0.5) is 0 Å². The van der Waals surface area contributed by atoms with Gasteiger partial charge in [0.2, 0.25) is 0 Å². The van der Waals surface area contributed by atoms with Gasteiger partial charge in [0.05, 0.1) is 6.42 Å².